The van der Waals surface area contributed by atoms with Gasteiger partial charge in [-0.15, -0.1) is 0 Å². The minimum Gasteiger partial charge on any atom is -0.490 e. The van der Waals surface area contributed by atoms with Crippen LogP contribution in [0.2, 0.25) is 0 Å². The van der Waals surface area contributed by atoms with Crippen molar-refractivity contribution in [2.24, 2.45) is 5.73 Å². The zero-order valence-corrected chi connectivity index (χ0v) is 12.6. The molecule has 0 saturated carbocycles. The average Bonchev–Trinajstić information content (AvgIpc) is 2.61. The fraction of sp³-hybridized carbons (Fsp3) is 0.571. The van der Waals surface area contributed by atoms with Crippen molar-refractivity contribution in [3.8, 4) is 11.5 Å². The maximum atomic E-state index is 9.54. The van der Waals surface area contributed by atoms with Crippen molar-refractivity contribution in [3.63, 3.8) is 0 Å². The average molecular weight is 330 g/mol. The standard InChI is InChI=1S/C14H20BrNO3/c1-9(17)5-11(8-16)10-6-12(15)14-13(7-10)18-3-2-4-19-14/h6-7,9,11,17H,2-5,8,16H2,1H3. The molecule has 0 spiro atoms. The van der Waals surface area contributed by atoms with Crippen LogP contribution < -0.4 is 15.2 Å². The Kier molecular flexibility index (Phi) is 5.07. The number of hydrogen-bond acceptors (Lipinski definition) is 4. The fourth-order valence-electron chi connectivity index (χ4n) is 2.27. The van der Waals surface area contributed by atoms with Gasteiger partial charge in [0.15, 0.2) is 11.5 Å². The molecule has 0 fully saturated rings. The van der Waals surface area contributed by atoms with Gasteiger partial charge in [0.2, 0.25) is 0 Å². The number of ether oxygens (including phenoxy) is 2. The first-order valence-electron chi connectivity index (χ1n) is 6.59. The molecule has 0 amide bonds. The van der Waals surface area contributed by atoms with Gasteiger partial charge in [0, 0.05) is 6.42 Å². The van der Waals surface area contributed by atoms with Crippen molar-refractivity contribution in [2.75, 3.05) is 19.8 Å². The Bertz CT molecular complexity index is 437. The summed E-state index contributed by atoms with van der Waals surface area (Å²) in [7, 11) is 0. The molecule has 1 aromatic carbocycles. The molecule has 2 atom stereocenters. The highest BCUT2D eigenvalue weighted by Crippen LogP contribution is 2.40. The lowest BCUT2D eigenvalue weighted by Gasteiger charge is -2.19. The highest BCUT2D eigenvalue weighted by molar-refractivity contribution is 9.10. The second-order valence-corrected chi connectivity index (χ2v) is 5.75. The van der Waals surface area contributed by atoms with Crippen molar-refractivity contribution in [1.82, 2.24) is 0 Å². The molecule has 5 heteroatoms. The predicted molar refractivity (Wildman–Crippen MR) is 77.8 cm³/mol. The minimum absolute atomic E-state index is 0.119. The summed E-state index contributed by atoms with van der Waals surface area (Å²) in [5.74, 6) is 1.63. The number of aliphatic hydroxyl groups is 1. The van der Waals surface area contributed by atoms with E-state index in [0.29, 0.717) is 26.2 Å². The van der Waals surface area contributed by atoms with Crippen LogP contribution in [0.4, 0.5) is 0 Å². The van der Waals surface area contributed by atoms with E-state index < -0.39 is 0 Å². The minimum atomic E-state index is -0.372. The predicted octanol–water partition coefficient (Wildman–Crippen LogP) is 2.42. The van der Waals surface area contributed by atoms with Crippen LogP contribution in [0.5, 0.6) is 11.5 Å². The number of hydrogen-bond donors (Lipinski definition) is 2. The molecule has 1 aliphatic rings. The van der Waals surface area contributed by atoms with Crippen LogP contribution in [0.1, 0.15) is 31.2 Å². The van der Waals surface area contributed by atoms with E-state index in [2.05, 4.69) is 15.9 Å². The molecule has 106 valence electrons. The smallest absolute Gasteiger partial charge is 0.175 e. The molecule has 0 aromatic heterocycles. The lowest BCUT2D eigenvalue weighted by atomic mass is 9.93. The second-order valence-electron chi connectivity index (χ2n) is 4.90. The van der Waals surface area contributed by atoms with Crippen LogP contribution in [-0.4, -0.2) is 31.0 Å². The summed E-state index contributed by atoms with van der Waals surface area (Å²) in [6.07, 6.45) is 1.15. The first-order chi connectivity index (χ1) is 9.11. The molecule has 0 saturated heterocycles. The van der Waals surface area contributed by atoms with Gasteiger partial charge >= 0.3 is 0 Å². The van der Waals surface area contributed by atoms with Crippen molar-refractivity contribution in [3.05, 3.63) is 22.2 Å². The molecule has 3 N–H and O–H groups in total. The highest BCUT2D eigenvalue weighted by Gasteiger charge is 2.19. The fourth-order valence-corrected chi connectivity index (χ4v) is 2.84. The number of nitrogens with two attached hydrogens (primary N) is 1. The van der Waals surface area contributed by atoms with Crippen molar-refractivity contribution in [1.29, 1.82) is 0 Å². The zero-order valence-electron chi connectivity index (χ0n) is 11.1. The molecular weight excluding hydrogens is 310 g/mol. The molecule has 1 aliphatic heterocycles. The molecule has 0 bridgehead atoms. The number of fused-ring (bicyclic) bond motifs is 1. The van der Waals surface area contributed by atoms with Crippen LogP contribution in [-0.2, 0) is 0 Å². The Morgan fingerprint density at radius 1 is 1.37 bits per heavy atom. The van der Waals surface area contributed by atoms with Gasteiger partial charge in [-0.3, -0.25) is 0 Å². The third-order valence-electron chi connectivity index (χ3n) is 3.21. The van der Waals surface area contributed by atoms with Gasteiger partial charge in [-0.25, -0.2) is 0 Å². The van der Waals surface area contributed by atoms with E-state index >= 15 is 0 Å². The van der Waals surface area contributed by atoms with E-state index in [1.54, 1.807) is 6.92 Å². The summed E-state index contributed by atoms with van der Waals surface area (Å²) in [6, 6.07) is 3.98. The summed E-state index contributed by atoms with van der Waals surface area (Å²) in [4.78, 5) is 0. The van der Waals surface area contributed by atoms with Gasteiger partial charge in [0.1, 0.15) is 0 Å². The maximum Gasteiger partial charge on any atom is 0.175 e. The van der Waals surface area contributed by atoms with Gasteiger partial charge in [-0.2, -0.15) is 0 Å². The summed E-state index contributed by atoms with van der Waals surface area (Å²) >= 11 is 3.52. The third kappa shape index (κ3) is 3.61. The molecule has 1 aromatic rings. The molecule has 2 unspecified atom stereocenters. The summed E-state index contributed by atoms with van der Waals surface area (Å²) in [5, 5.41) is 9.54. The molecule has 4 nitrogen and oxygen atoms in total. The normalized spacial score (nSPS) is 17.7. The van der Waals surface area contributed by atoms with Crippen molar-refractivity contribution < 1.29 is 14.6 Å². The van der Waals surface area contributed by atoms with Crippen LogP contribution in [0.3, 0.4) is 0 Å². The van der Waals surface area contributed by atoms with Gasteiger partial charge < -0.3 is 20.3 Å². The van der Waals surface area contributed by atoms with Crippen LogP contribution >= 0.6 is 15.9 Å². The van der Waals surface area contributed by atoms with Crippen LogP contribution in [0, 0.1) is 0 Å². The number of halogens is 1. The van der Waals surface area contributed by atoms with E-state index in [0.717, 1.165) is 28.0 Å². The molecule has 2 rings (SSSR count). The van der Waals surface area contributed by atoms with Crippen LogP contribution in [0.15, 0.2) is 16.6 Å². The third-order valence-corrected chi connectivity index (χ3v) is 3.80. The summed E-state index contributed by atoms with van der Waals surface area (Å²) in [6.45, 7) is 3.60. The topological polar surface area (TPSA) is 64.7 Å². The Morgan fingerprint density at radius 3 is 2.79 bits per heavy atom. The second kappa shape index (κ2) is 6.59. The molecule has 0 aliphatic carbocycles. The first kappa shape index (κ1) is 14.6. The monoisotopic (exact) mass is 329 g/mol. The number of rotatable bonds is 4. The first-order valence-corrected chi connectivity index (χ1v) is 7.38. The SMILES string of the molecule is CC(O)CC(CN)c1cc(Br)c2c(c1)OCCCO2. The molecular formula is C14H20BrNO3. The van der Waals surface area contributed by atoms with E-state index in [-0.39, 0.29) is 12.0 Å². The Balaban J connectivity index is 2.31. The van der Waals surface area contributed by atoms with E-state index in [4.69, 9.17) is 15.2 Å². The van der Waals surface area contributed by atoms with E-state index in [1.165, 1.54) is 0 Å². The lowest BCUT2D eigenvalue weighted by Crippen LogP contribution is -2.17. The zero-order chi connectivity index (χ0) is 13.8. The molecule has 1 heterocycles. The van der Waals surface area contributed by atoms with Gasteiger partial charge in [-0.1, -0.05) is 0 Å². The quantitative estimate of drug-likeness (QED) is 0.890. The summed E-state index contributed by atoms with van der Waals surface area (Å²) < 4.78 is 12.3. The van der Waals surface area contributed by atoms with Crippen LogP contribution in [0.25, 0.3) is 0 Å². The van der Waals surface area contributed by atoms with Crippen molar-refractivity contribution in [2.45, 2.75) is 31.8 Å². The molecule has 19 heavy (non-hydrogen) atoms. The number of aliphatic hydroxyl groups excluding tert-OH is 1. The van der Waals surface area contributed by atoms with Gasteiger partial charge in [-0.05, 0) is 59.4 Å². The Hall–Kier alpha value is -0.780. The maximum absolute atomic E-state index is 9.54. The van der Waals surface area contributed by atoms with E-state index in [9.17, 15) is 5.11 Å². The van der Waals surface area contributed by atoms with Gasteiger partial charge in [0.25, 0.3) is 0 Å². The highest BCUT2D eigenvalue weighted by atomic mass is 79.9. The molecule has 0 radical (unpaired) electrons. The van der Waals surface area contributed by atoms with Gasteiger partial charge in [0.05, 0.1) is 23.8 Å². The van der Waals surface area contributed by atoms with E-state index in [1.807, 2.05) is 12.1 Å². The largest absolute Gasteiger partial charge is 0.490 e. The Morgan fingerprint density at radius 2 is 2.11 bits per heavy atom. The number of benzene rings is 1. The van der Waals surface area contributed by atoms with Crippen molar-refractivity contribution >= 4 is 15.9 Å². The lowest BCUT2D eigenvalue weighted by molar-refractivity contribution is 0.175. The Labute approximate surface area is 122 Å². The summed E-state index contributed by atoms with van der Waals surface area (Å²) in [5.41, 5.74) is 6.88.